The van der Waals surface area contributed by atoms with Gasteiger partial charge in [-0.05, 0) is 43.1 Å². The number of aliphatic hydroxyl groups excluding tert-OH is 1. The lowest BCUT2D eigenvalue weighted by atomic mass is 9.88. The second-order valence-corrected chi connectivity index (χ2v) is 7.96. The molecule has 4 nitrogen and oxygen atoms in total. The average Bonchev–Trinajstić information content (AvgIpc) is 2.54. The number of nitrogens with two attached hydrogens (primary N) is 1. The van der Waals surface area contributed by atoms with Gasteiger partial charge in [-0.3, -0.25) is 4.79 Å². The van der Waals surface area contributed by atoms with Crippen LogP contribution >= 0.6 is 0 Å². The van der Waals surface area contributed by atoms with Crippen molar-refractivity contribution in [2.75, 3.05) is 6.54 Å². The van der Waals surface area contributed by atoms with Crippen molar-refractivity contribution in [3.8, 4) is 0 Å². The Morgan fingerprint density at radius 2 is 1.72 bits per heavy atom. The Morgan fingerprint density at radius 1 is 1.08 bits per heavy atom. The van der Waals surface area contributed by atoms with E-state index in [1.54, 1.807) is 0 Å². The predicted molar refractivity (Wildman–Crippen MR) is 104 cm³/mol. The summed E-state index contributed by atoms with van der Waals surface area (Å²) in [5.74, 6) is 0.816. The van der Waals surface area contributed by atoms with Crippen LogP contribution in [0.15, 0.2) is 30.3 Å². The maximum atomic E-state index is 12.5. The molecular formula is C21H36N2O2. The Kier molecular flexibility index (Phi) is 9.76. The average molecular weight is 349 g/mol. The molecule has 0 fully saturated rings. The number of carbonyl (C=O) groups is 1. The minimum atomic E-state index is -0.681. The molecule has 1 amide bonds. The Balaban J connectivity index is 2.58. The first-order chi connectivity index (χ1) is 11.8. The fourth-order valence-electron chi connectivity index (χ4n) is 3.00. The van der Waals surface area contributed by atoms with Gasteiger partial charge in [0.2, 0.25) is 5.91 Å². The van der Waals surface area contributed by atoms with Crippen LogP contribution in [0.5, 0.6) is 0 Å². The van der Waals surface area contributed by atoms with Crippen LogP contribution in [0, 0.1) is 17.8 Å². The zero-order valence-electron chi connectivity index (χ0n) is 16.2. The number of hydrogen-bond donors (Lipinski definition) is 3. The van der Waals surface area contributed by atoms with E-state index in [1.807, 2.05) is 30.3 Å². The van der Waals surface area contributed by atoms with Gasteiger partial charge in [-0.25, -0.2) is 0 Å². The zero-order valence-corrected chi connectivity index (χ0v) is 16.2. The van der Waals surface area contributed by atoms with Crippen LogP contribution in [-0.2, 0) is 11.2 Å². The molecule has 4 heteroatoms. The molecule has 0 saturated carbocycles. The largest absolute Gasteiger partial charge is 0.391 e. The molecule has 1 unspecified atom stereocenters. The molecular weight excluding hydrogens is 312 g/mol. The molecule has 1 aromatic rings. The van der Waals surface area contributed by atoms with Crippen LogP contribution in [0.2, 0.25) is 0 Å². The molecule has 1 rings (SSSR count). The summed E-state index contributed by atoms with van der Waals surface area (Å²) < 4.78 is 0. The van der Waals surface area contributed by atoms with Crippen molar-refractivity contribution in [1.82, 2.24) is 5.32 Å². The highest BCUT2D eigenvalue weighted by atomic mass is 16.3. The van der Waals surface area contributed by atoms with Crippen molar-refractivity contribution in [3.63, 3.8) is 0 Å². The molecule has 0 heterocycles. The van der Waals surface area contributed by atoms with E-state index in [0.29, 0.717) is 31.2 Å². The van der Waals surface area contributed by atoms with Gasteiger partial charge in [0.15, 0.2) is 0 Å². The van der Waals surface area contributed by atoms with Gasteiger partial charge < -0.3 is 16.2 Å². The number of aliphatic hydroxyl groups is 1. The fraction of sp³-hybridized carbons (Fsp3) is 0.667. The molecule has 4 N–H and O–H groups in total. The zero-order chi connectivity index (χ0) is 18.8. The van der Waals surface area contributed by atoms with E-state index in [0.717, 1.165) is 18.4 Å². The highest BCUT2D eigenvalue weighted by molar-refractivity contribution is 5.78. The lowest BCUT2D eigenvalue weighted by Gasteiger charge is -2.25. The molecule has 25 heavy (non-hydrogen) atoms. The van der Waals surface area contributed by atoms with Gasteiger partial charge >= 0.3 is 0 Å². The summed E-state index contributed by atoms with van der Waals surface area (Å²) in [6, 6.07) is 9.57. The molecule has 0 bridgehead atoms. The Bertz CT molecular complexity index is 488. The molecule has 0 aromatic heterocycles. The Labute approximate surface area is 153 Å². The van der Waals surface area contributed by atoms with Crippen molar-refractivity contribution in [3.05, 3.63) is 35.9 Å². The molecule has 0 radical (unpaired) electrons. The van der Waals surface area contributed by atoms with Gasteiger partial charge in [0.1, 0.15) is 0 Å². The number of nitrogens with one attached hydrogen (secondary N) is 1. The molecule has 0 aliphatic heterocycles. The van der Waals surface area contributed by atoms with Crippen molar-refractivity contribution in [1.29, 1.82) is 0 Å². The van der Waals surface area contributed by atoms with E-state index in [2.05, 4.69) is 33.0 Å². The Hall–Kier alpha value is -1.39. The summed E-state index contributed by atoms with van der Waals surface area (Å²) in [6.07, 6.45) is 2.09. The van der Waals surface area contributed by atoms with Crippen molar-refractivity contribution < 1.29 is 9.90 Å². The summed E-state index contributed by atoms with van der Waals surface area (Å²) in [4.78, 5) is 12.5. The summed E-state index contributed by atoms with van der Waals surface area (Å²) in [6.45, 7) is 9.18. The van der Waals surface area contributed by atoms with Crippen molar-refractivity contribution >= 4 is 5.91 Å². The standard InChI is InChI=1S/C21H36N2O2/c1-15(2)10-11-23-21(25)18(12-16(3)4)14-20(24)19(22)13-17-8-6-5-7-9-17/h5-9,15-16,18-20,24H,10-14,22H2,1-4H3,(H,23,25)/t18-,19?,20+/m1/s1. The monoisotopic (exact) mass is 348 g/mol. The quantitative estimate of drug-likeness (QED) is 0.575. The van der Waals surface area contributed by atoms with Gasteiger partial charge in [-0.15, -0.1) is 0 Å². The van der Waals surface area contributed by atoms with E-state index in [9.17, 15) is 9.90 Å². The molecule has 0 aliphatic carbocycles. The predicted octanol–water partition coefficient (Wildman–Crippen LogP) is 3.13. The minimum Gasteiger partial charge on any atom is -0.391 e. The molecule has 142 valence electrons. The van der Waals surface area contributed by atoms with Crippen LogP contribution < -0.4 is 11.1 Å². The van der Waals surface area contributed by atoms with Crippen molar-refractivity contribution in [2.45, 2.75) is 65.5 Å². The van der Waals surface area contributed by atoms with Crippen LogP contribution in [0.3, 0.4) is 0 Å². The number of benzene rings is 1. The highest BCUT2D eigenvalue weighted by Crippen LogP contribution is 2.20. The number of hydrogen-bond acceptors (Lipinski definition) is 3. The van der Waals surface area contributed by atoms with Gasteiger partial charge in [0.25, 0.3) is 0 Å². The van der Waals surface area contributed by atoms with Gasteiger partial charge in [0, 0.05) is 18.5 Å². The van der Waals surface area contributed by atoms with E-state index < -0.39 is 6.10 Å². The normalized spacial score (nSPS) is 15.2. The van der Waals surface area contributed by atoms with Gasteiger partial charge in [0.05, 0.1) is 6.10 Å². The van der Waals surface area contributed by atoms with Crippen molar-refractivity contribution in [2.24, 2.45) is 23.5 Å². The highest BCUT2D eigenvalue weighted by Gasteiger charge is 2.26. The summed E-state index contributed by atoms with van der Waals surface area (Å²) in [5, 5.41) is 13.5. The number of rotatable bonds is 11. The van der Waals surface area contributed by atoms with Crippen LogP contribution in [-0.4, -0.2) is 29.7 Å². The summed E-state index contributed by atoms with van der Waals surface area (Å²) in [5.41, 5.74) is 7.29. The third-order valence-corrected chi connectivity index (χ3v) is 4.48. The third-order valence-electron chi connectivity index (χ3n) is 4.48. The molecule has 3 atom stereocenters. The molecule has 0 saturated heterocycles. The summed E-state index contributed by atoms with van der Waals surface area (Å²) >= 11 is 0. The molecule has 1 aromatic carbocycles. The van der Waals surface area contributed by atoms with Crippen LogP contribution in [0.25, 0.3) is 0 Å². The second kappa shape index (κ2) is 11.3. The van der Waals surface area contributed by atoms with Gasteiger partial charge in [-0.2, -0.15) is 0 Å². The first-order valence-corrected chi connectivity index (χ1v) is 9.54. The minimum absolute atomic E-state index is 0.0420. The van der Waals surface area contributed by atoms with Crippen LogP contribution in [0.1, 0.15) is 52.5 Å². The topological polar surface area (TPSA) is 75.3 Å². The Morgan fingerprint density at radius 3 is 2.28 bits per heavy atom. The van der Waals surface area contributed by atoms with E-state index in [4.69, 9.17) is 5.73 Å². The maximum absolute atomic E-state index is 12.5. The molecule has 0 aliphatic rings. The lowest BCUT2D eigenvalue weighted by Crippen LogP contribution is -2.41. The smallest absolute Gasteiger partial charge is 0.223 e. The van der Waals surface area contributed by atoms with E-state index in [-0.39, 0.29) is 17.9 Å². The molecule has 0 spiro atoms. The summed E-state index contributed by atoms with van der Waals surface area (Å²) in [7, 11) is 0. The number of amides is 1. The van der Waals surface area contributed by atoms with Gasteiger partial charge in [-0.1, -0.05) is 58.0 Å². The first-order valence-electron chi connectivity index (χ1n) is 9.54. The first kappa shape index (κ1) is 21.7. The van der Waals surface area contributed by atoms with E-state index in [1.165, 1.54) is 0 Å². The maximum Gasteiger partial charge on any atom is 0.223 e. The SMILES string of the molecule is CC(C)CCNC(=O)[C@H](CC(C)C)C[C@H](O)C(N)Cc1ccccc1. The second-order valence-electron chi connectivity index (χ2n) is 7.96. The van der Waals surface area contributed by atoms with Crippen LogP contribution in [0.4, 0.5) is 0 Å². The number of carbonyl (C=O) groups excluding carboxylic acids is 1. The lowest BCUT2D eigenvalue weighted by molar-refractivity contribution is -0.126. The van der Waals surface area contributed by atoms with E-state index >= 15 is 0 Å². The third kappa shape index (κ3) is 9.03. The fourth-order valence-corrected chi connectivity index (χ4v) is 3.00.